The number of thiol groups is 2. The third-order valence-electron chi connectivity index (χ3n) is 2.81. The molecule has 0 spiro atoms. The fourth-order valence-electron chi connectivity index (χ4n) is 1.51. The van der Waals surface area contributed by atoms with E-state index in [2.05, 4.69) is 41.2 Å². The number of aliphatic carboxylic acids is 1. The molecule has 0 rings (SSSR count). The molecule has 11 nitrogen and oxygen atoms in total. The van der Waals surface area contributed by atoms with Crippen molar-refractivity contribution in [2.24, 2.45) is 11.5 Å². The summed E-state index contributed by atoms with van der Waals surface area (Å²) in [5, 5.41) is 15.5. The molecule has 8 N–H and O–H groups in total. The minimum atomic E-state index is -1.27. The second kappa shape index (κ2) is 11.5. The first-order valence-electron chi connectivity index (χ1n) is 6.98. The Labute approximate surface area is 154 Å². The lowest BCUT2D eigenvalue weighted by Gasteiger charge is -2.19. The van der Waals surface area contributed by atoms with Crippen molar-refractivity contribution in [3.8, 4) is 0 Å². The van der Waals surface area contributed by atoms with E-state index in [9.17, 15) is 24.0 Å². The number of hydrogen-bond acceptors (Lipinski definition) is 8. The Balaban J connectivity index is 4.49. The van der Waals surface area contributed by atoms with Crippen LogP contribution in [0.5, 0.6) is 0 Å². The molecule has 0 saturated carbocycles. The normalized spacial score (nSPS) is 13.9. The number of nitrogens with one attached hydrogen (secondary N) is 3. The Morgan fingerprint density at radius 1 is 0.960 bits per heavy atom. The lowest BCUT2D eigenvalue weighted by atomic mass is 10.2. The third kappa shape index (κ3) is 9.16. The van der Waals surface area contributed by atoms with Crippen LogP contribution in [0.4, 0.5) is 0 Å². The molecule has 3 unspecified atom stereocenters. The van der Waals surface area contributed by atoms with Gasteiger partial charge in [0.15, 0.2) is 0 Å². The average molecular weight is 395 g/mol. The van der Waals surface area contributed by atoms with E-state index in [4.69, 9.17) is 16.6 Å². The molecule has 0 aliphatic rings. The standard InChI is InChI=1S/C12H21N5O6S2/c13-5(1-8(14)18)10(20)15-2-9(19)16-6(3-24)11(21)17-7(4-25)12(22)23/h5-7,24-25H,1-4,13H2,(H2,14,18)(H,15,20)(H,16,19)(H,17,21)(H,22,23). The Bertz CT molecular complexity index is 532. The van der Waals surface area contributed by atoms with E-state index in [1.807, 2.05) is 0 Å². The van der Waals surface area contributed by atoms with Gasteiger partial charge in [0, 0.05) is 11.5 Å². The molecule has 142 valence electrons. The van der Waals surface area contributed by atoms with E-state index in [1.54, 1.807) is 0 Å². The summed E-state index contributed by atoms with van der Waals surface area (Å²) >= 11 is 7.71. The number of rotatable bonds is 11. The fraction of sp³-hybridized carbons (Fsp3) is 0.583. The van der Waals surface area contributed by atoms with Crippen LogP contribution in [0.3, 0.4) is 0 Å². The number of nitrogens with two attached hydrogens (primary N) is 2. The van der Waals surface area contributed by atoms with Crippen LogP contribution in [0.2, 0.25) is 0 Å². The van der Waals surface area contributed by atoms with Gasteiger partial charge in [-0.2, -0.15) is 25.3 Å². The lowest BCUT2D eigenvalue weighted by molar-refractivity contribution is -0.141. The van der Waals surface area contributed by atoms with Gasteiger partial charge in [-0.15, -0.1) is 0 Å². The quantitative estimate of drug-likeness (QED) is 0.164. The molecule has 13 heteroatoms. The van der Waals surface area contributed by atoms with Gasteiger partial charge in [-0.25, -0.2) is 4.79 Å². The van der Waals surface area contributed by atoms with Gasteiger partial charge in [0.05, 0.1) is 19.0 Å². The maximum Gasteiger partial charge on any atom is 0.327 e. The van der Waals surface area contributed by atoms with Gasteiger partial charge in [0.1, 0.15) is 12.1 Å². The number of carbonyl (C=O) groups excluding carboxylic acids is 4. The van der Waals surface area contributed by atoms with Crippen LogP contribution in [-0.2, 0) is 24.0 Å². The molecule has 0 aromatic rings. The van der Waals surface area contributed by atoms with Gasteiger partial charge in [-0.3, -0.25) is 19.2 Å². The van der Waals surface area contributed by atoms with E-state index in [0.717, 1.165) is 0 Å². The van der Waals surface area contributed by atoms with Crippen LogP contribution in [0.1, 0.15) is 6.42 Å². The van der Waals surface area contributed by atoms with Crippen LogP contribution >= 0.6 is 25.3 Å². The highest BCUT2D eigenvalue weighted by Gasteiger charge is 2.25. The summed E-state index contributed by atoms with van der Waals surface area (Å²) in [7, 11) is 0. The van der Waals surface area contributed by atoms with E-state index >= 15 is 0 Å². The van der Waals surface area contributed by atoms with Gasteiger partial charge in [-0.1, -0.05) is 0 Å². The van der Waals surface area contributed by atoms with Crippen molar-refractivity contribution in [1.29, 1.82) is 0 Å². The van der Waals surface area contributed by atoms with Crippen molar-refractivity contribution >= 4 is 54.9 Å². The number of amides is 4. The molecule has 4 amide bonds. The minimum Gasteiger partial charge on any atom is -0.480 e. The predicted molar refractivity (Wildman–Crippen MR) is 94.0 cm³/mol. The number of carboxylic acids is 1. The van der Waals surface area contributed by atoms with Gasteiger partial charge in [0.2, 0.25) is 23.6 Å². The molecular formula is C12H21N5O6S2. The highest BCUT2D eigenvalue weighted by molar-refractivity contribution is 7.80. The molecule has 0 heterocycles. The molecular weight excluding hydrogens is 374 g/mol. The van der Waals surface area contributed by atoms with Crippen LogP contribution in [0.25, 0.3) is 0 Å². The second-order valence-electron chi connectivity index (χ2n) is 4.88. The van der Waals surface area contributed by atoms with Crippen LogP contribution in [-0.4, -0.2) is 70.9 Å². The molecule has 0 radical (unpaired) electrons. The lowest BCUT2D eigenvalue weighted by Crippen LogP contribution is -2.55. The van der Waals surface area contributed by atoms with E-state index in [0.29, 0.717) is 0 Å². The Morgan fingerprint density at radius 2 is 1.52 bits per heavy atom. The summed E-state index contributed by atoms with van der Waals surface area (Å²) < 4.78 is 0. The van der Waals surface area contributed by atoms with Crippen LogP contribution in [0, 0.1) is 0 Å². The Kier molecular flexibility index (Phi) is 10.6. The summed E-state index contributed by atoms with van der Waals surface area (Å²) in [4.78, 5) is 56.7. The smallest absolute Gasteiger partial charge is 0.327 e. The molecule has 0 bridgehead atoms. The largest absolute Gasteiger partial charge is 0.480 e. The third-order valence-corrected chi connectivity index (χ3v) is 3.54. The molecule has 0 aliphatic carbocycles. The zero-order valence-electron chi connectivity index (χ0n) is 13.1. The molecule has 0 aliphatic heterocycles. The summed E-state index contributed by atoms with van der Waals surface area (Å²) in [6.07, 6.45) is -0.380. The van der Waals surface area contributed by atoms with E-state index in [1.165, 1.54) is 0 Å². The van der Waals surface area contributed by atoms with Gasteiger partial charge in [0.25, 0.3) is 0 Å². The summed E-state index contributed by atoms with van der Waals surface area (Å²) in [5.41, 5.74) is 10.3. The van der Waals surface area contributed by atoms with E-state index in [-0.39, 0.29) is 17.9 Å². The van der Waals surface area contributed by atoms with Crippen molar-refractivity contribution in [2.75, 3.05) is 18.1 Å². The van der Waals surface area contributed by atoms with Crippen molar-refractivity contribution in [1.82, 2.24) is 16.0 Å². The van der Waals surface area contributed by atoms with E-state index < -0.39 is 54.3 Å². The number of hydrogen-bond donors (Lipinski definition) is 8. The van der Waals surface area contributed by atoms with Gasteiger partial charge < -0.3 is 32.5 Å². The SMILES string of the molecule is NC(=O)CC(N)C(=O)NCC(=O)NC(CS)C(=O)NC(CS)C(=O)O. The zero-order valence-corrected chi connectivity index (χ0v) is 14.9. The summed E-state index contributed by atoms with van der Waals surface area (Å²) in [5.74, 6) is -4.54. The average Bonchev–Trinajstić information content (AvgIpc) is 2.53. The van der Waals surface area contributed by atoms with Crippen molar-refractivity contribution < 1.29 is 29.1 Å². The van der Waals surface area contributed by atoms with Crippen LogP contribution in [0.15, 0.2) is 0 Å². The zero-order chi connectivity index (χ0) is 19.6. The molecule has 0 aromatic carbocycles. The first kappa shape index (κ1) is 23.0. The van der Waals surface area contributed by atoms with Crippen molar-refractivity contribution in [2.45, 2.75) is 24.5 Å². The number of carbonyl (C=O) groups is 5. The monoisotopic (exact) mass is 395 g/mol. The predicted octanol–water partition coefficient (Wildman–Crippen LogP) is -3.78. The summed E-state index contributed by atoms with van der Waals surface area (Å²) in [6.45, 7) is -0.502. The van der Waals surface area contributed by atoms with Crippen LogP contribution < -0.4 is 27.4 Å². The molecule has 3 atom stereocenters. The van der Waals surface area contributed by atoms with Gasteiger partial charge >= 0.3 is 5.97 Å². The summed E-state index contributed by atoms with van der Waals surface area (Å²) in [6, 6.07) is -3.53. The van der Waals surface area contributed by atoms with Gasteiger partial charge in [-0.05, 0) is 0 Å². The van der Waals surface area contributed by atoms with Crippen molar-refractivity contribution in [3.05, 3.63) is 0 Å². The molecule has 0 saturated heterocycles. The first-order valence-corrected chi connectivity index (χ1v) is 8.24. The second-order valence-corrected chi connectivity index (χ2v) is 5.61. The first-order chi connectivity index (χ1) is 11.6. The molecule has 25 heavy (non-hydrogen) atoms. The highest BCUT2D eigenvalue weighted by Crippen LogP contribution is 1.94. The van der Waals surface area contributed by atoms with Crippen molar-refractivity contribution in [3.63, 3.8) is 0 Å². The molecule has 0 aromatic heterocycles. The number of carboxylic acid groups (broad SMARTS) is 1. The maximum atomic E-state index is 11.9. The topological polar surface area (TPSA) is 194 Å². The maximum absolute atomic E-state index is 11.9. The Morgan fingerprint density at radius 3 is 1.96 bits per heavy atom. The highest BCUT2D eigenvalue weighted by atomic mass is 32.1. The number of primary amides is 1. The minimum absolute atomic E-state index is 0.106. The molecule has 0 fully saturated rings. The Hall–Kier alpha value is -1.99. The fourth-order valence-corrected chi connectivity index (χ4v) is 2.01.